The van der Waals surface area contributed by atoms with Crippen LogP contribution in [0.2, 0.25) is 26.2 Å². The Balaban J connectivity index is 0.000000354. The molecule has 5 aromatic carbocycles. The van der Waals surface area contributed by atoms with E-state index in [2.05, 4.69) is 47.8 Å². The monoisotopic (exact) mass is 955 g/mol. The molecule has 0 aliphatic carbocycles. The molecule has 0 aliphatic heterocycles. The molecule has 0 atom stereocenters. The largest absolute Gasteiger partial charge is 0.499 e. The van der Waals surface area contributed by atoms with Crippen molar-refractivity contribution < 1.29 is 41.8 Å². The Hall–Kier alpha value is -5.44. The maximum Gasteiger partial charge on any atom is 0.147 e. The van der Waals surface area contributed by atoms with E-state index in [0.717, 1.165) is 16.4 Å². The summed E-state index contributed by atoms with van der Waals surface area (Å²) in [4.78, 5) is 8.79. The first-order valence-corrected chi connectivity index (χ1v) is 23.5. The van der Waals surface area contributed by atoms with Gasteiger partial charge in [0.25, 0.3) is 0 Å². The summed E-state index contributed by atoms with van der Waals surface area (Å²) in [5.41, 5.74) is 3.81. The summed E-state index contributed by atoms with van der Waals surface area (Å²) in [5.74, 6) is -1.12. The third-order valence-corrected chi connectivity index (χ3v) is 16.2. The number of nitrogens with zero attached hydrogens (tertiary/aromatic N) is 3. The van der Waals surface area contributed by atoms with E-state index in [1.54, 1.807) is 42.7 Å². The average molecular weight is 955 g/mol. The van der Waals surface area contributed by atoms with Crippen molar-refractivity contribution in [3.8, 4) is 28.6 Å². The van der Waals surface area contributed by atoms with Gasteiger partial charge in [0.15, 0.2) is 0 Å². The number of hydrogen-bond donors (Lipinski definition) is 0. The second-order valence-electron chi connectivity index (χ2n) is 14.3. The number of hydrogen-bond acceptors (Lipinski definition) is 4. The van der Waals surface area contributed by atoms with Crippen LogP contribution in [0, 0.1) is 47.8 Å². The molecule has 281 valence electrons. The standard InChI is InChI=1S/C35H29F2N2OSi2.C11H7FN.Ir/c1-22-17-31(39-21-33(22)41(2,3)4)29-14-8-13-27-28-15-16-32(30(20-38)35(28)40-34(27)29)42(5,25-11-6-9-23(36)18-25)26-12-7-10-24(37)19-26;12-10-6-4-9(5-7-10)11-3-1-2-8-13-11;/h6-13,15-19,21H,1-5H3;1-4,6-8H;/q2*-1;/i1D3;;. The van der Waals surface area contributed by atoms with Crippen LogP contribution < -0.4 is 20.7 Å². The van der Waals surface area contributed by atoms with Gasteiger partial charge in [-0.25, -0.2) is 8.78 Å². The van der Waals surface area contributed by atoms with E-state index >= 15 is 0 Å². The Morgan fingerprint density at radius 2 is 1.43 bits per heavy atom. The Bertz CT molecular complexity index is 2800. The predicted octanol–water partition coefficient (Wildman–Crippen LogP) is 9.24. The van der Waals surface area contributed by atoms with Gasteiger partial charge >= 0.3 is 0 Å². The summed E-state index contributed by atoms with van der Waals surface area (Å²) in [7, 11) is -5.17. The first-order valence-electron chi connectivity index (χ1n) is 19.0. The zero-order valence-electron chi connectivity index (χ0n) is 33.8. The summed E-state index contributed by atoms with van der Waals surface area (Å²) in [5, 5.41) is 14.8. The maximum absolute atomic E-state index is 14.6. The van der Waals surface area contributed by atoms with Crippen molar-refractivity contribution >= 4 is 58.8 Å². The van der Waals surface area contributed by atoms with Gasteiger partial charge in [-0.1, -0.05) is 97.3 Å². The first kappa shape index (κ1) is 36.2. The van der Waals surface area contributed by atoms with Crippen molar-refractivity contribution in [2.24, 2.45) is 0 Å². The molecule has 0 saturated heterocycles. The van der Waals surface area contributed by atoms with E-state index < -0.39 is 34.6 Å². The smallest absolute Gasteiger partial charge is 0.147 e. The van der Waals surface area contributed by atoms with Crippen molar-refractivity contribution in [3.05, 3.63) is 168 Å². The van der Waals surface area contributed by atoms with Crippen LogP contribution in [0.15, 0.2) is 132 Å². The SMILES string of the molecule is Fc1c[c-]c(-c2ccccn2)cc1.[2H]C([2H])([2H])c1cc(-c2[c-]ccc3c2oc2c(C#N)c([Si](C)(c4cccc(F)c4)c4cccc(F)c4)ccc23)ncc1[Si](C)(C)C.[Ir]. The molecule has 0 spiro atoms. The number of pyridine rings is 2. The van der Waals surface area contributed by atoms with Crippen LogP contribution in [0.1, 0.15) is 15.2 Å². The van der Waals surface area contributed by atoms with Gasteiger partial charge in [-0.05, 0) is 69.3 Å². The number of halogens is 3. The van der Waals surface area contributed by atoms with Gasteiger partial charge in [0.2, 0.25) is 0 Å². The van der Waals surface area contributed by atoms with Crippen LogP contribution in [0.25, 0.3) is 44.5 Å². The van der Waals surface area contributed by atoms with Crippen molar-refractivity contribution in [2.45, 2.75) is 33.0 Å². The van der Waals surface area contributed by atoms with E-state index in [1.165, 1.54) is 36.4 Å². The van der Waals surface area contributed by atoms with Crippen LogP contribution in [0.5, 0.6) is 0 Å². The Kier molecular flexibility index (Phi) is 10.6. The number of aromatic nitrogens is 2. The van der Waals surface area contributed by atoms with Gasteiger partial charge in [0, 0.05) is 47.8 Å². The molecule has 0 bridgehead atoms. The normalized spacial score (nSPS) is 12.4. The zero-order chi connectivity index (χ0) is 41.4. The van der Waals surface area contributed by atoms with E-state index in [4.69, 9.17) is 8.53 Å². The molecule has 3 aromatic heterocycles. The number of fused-ring (bicyclic) bond motifs is 3. The molecule has 0 aliphatic rings. The average Bonchev–Trinajstić information content (AvgIpc) is 3.59. The second-order valence-corrected chi connectivity index (χ2v) is 23.3. The number of rotatable bonds is 6. The molecule has 0 unspecified atom stereocenters. The molecular weight excluding hydrogens is 916 g/mol. The van der Waals surface area contributed by atoms with Crippen LogP contribution in [0.3, 0.4) is 0 Å². The van der Waals surface area contributed by atoms with Crippen LogP contribution in [-0.4, -0.2) is 26.1 Å². The van der Waals surface area contributed by atoms with Gasteiger partial charge in [0.05, 0.1) is 19.2 Å². The summed E-state index contributed by atoms with van der Waals surface area (Å²) in [6.07, 6.45) is 3.36. The van der Waals surface area contributed by atoms with E-state index in [-0.39, 0.29) is 37.0 Å². The van der Waals surface area contributed by atoms with Crippen LogP contribution >= 0.6 is 0 Å². The van der Waals surface area contributed by atoms with Gasteiger partial charge in [-0.2, -0.15) is 5.26 Å². The molecule has 0 fully saturated rings. The number of aryl methyl sites for hydroxylation is 1. The molecule has 8 aromatic rings. The molecule has 3 heterocycles. The van der Waals surface area contributed by atoms with Gasteiger partial charge in [-0.3, -0.25) is 4.39 Å². The van der Waals surface area contributed by atoms with Gasteiger partial charge in [0.1, 0.15) is 31.4 Å². The topological polar surface area (TPSA) is 62.7 Å². The summed E-state index contributed by atoms with van der Waals surface area (Å²) < 4.78 is 72.9. The van der Waals surface area contributed by atoms with E-state index in [9.17, 15) is 18.4 Å². The summed E-state index contributed by atoms with van der Waals surface area (Å²) >= 11 is 0. The first-order chi connectivity index (χ1) is 27.6. The molecule has 10 heteroatoms. The zero-order valence-corrected chi connectivity index (χ0v) is 35.2. The minimum Gasteiger partial charge on any atom is -0.499 e. The fourth-order valence-corrected chi connectivity index (χ4v) is 12.0. The third-order valence-electron chi connectivity index (χ3n) is 9.74. The van der Waals surface area contributed by atoms with Crippen molar-refractivity contribution in [1.82, 2.24) is 9.97 Å². The molecule has 1 radical (unpaired) electrons. The quantitative estimate of drug-likeness (QED) is 0.0949. The minimum absolute atomic E-state index is 0. The van der Waals surface area contributed by atoms with E-state index in [0.29, 0.717) is 48.8 Å². The predicted molar refractivity (Wildman–Crippen MR) is 220 cm³/mol. The van der Waals surface area contributed by atoms with Crippen LogP contribution in [0.4, 0.5) is 13.2 Å². The third kappa shape index (κ3) is 7.82. The van der Waals surface area contributed by atoms with Crippen molar-refractivity contribution in [3.63, 3.8) is 0 Å². The van der Waals surface area contributed by atoms with Gasteiger partial charge in [-0.15, -0.1) is 48.0 Å². The molecule has 8 rings (SSSR count). The van der Waals surface area contributed by atoms with Crippen LogP contribution in [-0.2, 0) is 20.1 Å². The summed E-state index contributed by atoms with van der Waals surface area (Å²) in [6, 6.07) is 39.7. The fourth-order valence-electron chi connectivity index (χ4n) is 6.88. The second kappa shape index (κ2) is 16.3. The summed E-state index contributed by atoms with van der Waals surface area (Å²) in [6.45, 7) is 5.88. The van der Waals surface area contributed by atoms with Gasteiger partial charge < -0.3 is 14.4 Å². The molecule has 0 amide bonds. The number of nitriles is 1. The Morgan fingerprint density at radius 3 is 2.02 bits per heavy atom. The molecule has 4 nitrogen and oxygen atoms in total. The molecular formula is C46H36F3IrN3OSi2-2. The Morgan fingerprint density at radius 1 is 0.714 bits per heavy atom. The molecule has 56 heavy (non-hydrogen) atoms. The molecule has 0 saturated carbocycles. The van der Waals surface area contributed by atoms with Crippen molar-refractivity contribution in [1.29, 1.82) is 5.26 Å². The maximum atomic E-state index is 14.6. The van der Waals surface area contributed by atoms with Crippen molar-refractivity contribution in [2.75, 3.05) is 0 Å². The van der Waals surface area contributed by atoms with E-state index in [1.807, 2.05) is 55.1 Å². The number of benzene rings is 5. The molecule has 0 N–H and O–H groups in total. The minimum atomic E-state index is -3.14. The fraction of sp³-hybridized carbons (Fsp3) is 0.109. The number of furan rings is 1. The Labute approximate surface area is 344 Å².